The fourth-order valence-corrected chi connectivity index (χ4v) is 2.22. The molecule has 4 nitrogen and oxygen atoms in total. The van der Waals surface area contributed by atoms with E-state index in [0.29, 0.717) is 0 Å². The number of carbonyl (C=O) groups excluding carboxylic acids is 2. The molecule has 1 saturated carbocycles. The minimum Gasteiger partial charge on any atom is -0.211 e. The zero-order valence-electron chi connectivity index (χ0n) is 9.52. The highest BCUT2D eigenvalue weighted by Gasteiger charge is 2.12. The summed E-state index contributed by atoms with van der Waals surface area (Å²) in [5.41, 5.74) is 0. The van der Waals surface area contributed by atoms with Gasteiger partial charge in [0.05, 0.1) is 12.1 Å². The van der Waals surface area contributed by atoms with Gasteiger partial charge in [0.25, 0.3) is 0 Å². The Kier molecular flexibility index (Phi) is 6.39. The molecular formula is C12H18N2O2. The van der Waals surface area contributed by atoms with E-state index in [-0.39, 0.29) is 12.1 Å². The van der Waals surface area contributed by atoms with Gasteiger partial charge in [-0.25, -0.2) is 19.6 Å². The molecule has 0 aromatic rings. The summed E-state index contributed by atoms with van der Waals surface area (Å²) in [5.74, 6) is 0. The molecule has 0 bridgehead atoms. The van der Waals surface area contributed by atoms with Gasteiger partial charge in [0.15, 0.2) is 0 Å². The van der Waals surface area contributed by atoms with E-state index in [1.54, 1.807) is 12.2 Å². The highest BCUT2D eigenvalue weighted by molar-refractivity contribution is 5.33. The van der Waals surface area contributed by atoms with Crippen LogP contribution in [-0.4, -0.2) is 24.2 Å². The Bertz CT molecular complexity index is 249. The number of hydrogen-bond acceptors (Lipinski definition) is 4. The molecule has 1 rings (SSSR count). The lowest BCUT2D eigenvalue weighted by Crippen LogP contribution is -2.10. The Labute approximate surface area is 95.9 Å². The second kappa shape index (κ2) is 7.98. The van der Waals surface area contributed by atoms with Gasteiger partial charge >= 0.3 is 0 Å². The third-order valence-corrected chi connectivity index (χ3v) is 3.12. The van der Waals surface area contributed by atoms with E-state index in [1.807, 2.05) is 0 Å². The second-order valence-electron chi connectivity index (χ2n) is 4.32. The maximum Gasteiger partial charge on any atom is 0.235 e. The SMILES string of the molecule is O=C=NC1CCCCC(N=C=O)CCCC1. The van der Waals surface area contributed by atoms with Gasteiger partial charge in [0.2, 0.25) is 12.2 Å². The summed E-state index contributed by atoms with van der Waals surface area (Å²) in [4.78, 5) is 28.1. The van der Waals surface area contributed by atoms with E-state index in [1.165, 1.54) is 0 Å². The number of rotatable bonds is 2. The predicted molar refractivity (Wildman–Crippen MR) is 60.8 cm³/mol. The molecular weight excluding hydrogens is 204 g/mol. The van der Waals surface area contributed by atoms with E-state index in [4.69, 9.17) is 0 Å². The van der Waals surface area contributed by atoms with Crippen LogP contribution in [0.4, 0.5) is 0 Å². The molecule has 0 aliphatic heterocycles. The maximum absolute atomic E-state index is 10.2. The molecule has 0 radical (unpaired) electrons. The van der Waals surface area contributed by atoms with Crippen molar-refractivity contribution in [1.82, 2.24) is 0 Å². The van der Waals surface area contributed by atoms with Crippen molar-refractivity contribution >= 4 is 12.2 Å². The van der Waals surface area contributed by atoms with Crippen molar-refractivity contribution in [2.45, 2.75) is 63.5 Å². The summed E-state index contributed by atoms with van der Waals surface area (Å²) < 4.78 is 0. The fraction of sp³-hybridized carbons (Fsp3) is 0.833. The van der Waals surface area contributed by atoms with Crippen molar-refractivity contribution in [2.75, 3.05) is 0 Å². The molecule has 4 heteroatoms. The average Bonchev–Trinajstić information content (AvgIpc) is 2.29. The van der Waals surface area contributed by atoms with Crippen LogP contribution in [0, 0.1) is 0 Å². The summed E-state index contributed by atoms with van der Waals surface area (Å²) in [5, 5.41) is 0. The Morgan fingerprint density at radius 3 is 1.25 bits per heavy atom. The first kappa shape index (κ1) is 12.8. The van der Waals surface area contributed by atoms with Crippen molar-refractivity contribution in [1.29, 1.82) is 0 Å². The van der Waals surface area contributed by atoms with Crippen molar-refractivity contribution in [3.8, 4) is 0 Å². The van der Waals surface area contributed by atoms with E-state index in [9.17, 15) is 9.59 Å². The average molecular weight is 222 g/mol. The van der Waals surface area contributed by atoms with Gasteiger partial charge in [-0.3, -0.25) is 0 Å². The van der Waals surface area contributed by atoms with Crippen LogP contribution in [0.3, 0.4) is 0 Å². The molecule has 0 amide bonds. The smallest absolute Gasteiger partial charge is 0.211 e. The van der Waals surface area contributed by atoms with Crippen LogP contribution in [0.2, 0.25) is 0 Å². The lowest BCUT2D eigenvalue weighted by Gasteiger charge is -2.16. The fourth-order valence-electron chi connectivity index (χ4n) is 2.22. The van der Waals surface area contributed by atoms with Crippen LogP contribution in [0.25, 0.3) is 0 Å². The lowest BCUT2D eigenvalue weighted by molar-refractivity contribution is 0.430. The van der Waals surface area contributed by atoms with Crippen molar-refractivity contribution in [3.05, 3.63) is 0 Å². The summed E-state index contributed by atoms with van der Waals surface area (Å²) in [6.45, 7) is 0. The first-order valence-corrected chi connectivity index (χ1v) is 6.00. The van der Waals surface area contributed by atoms with E-state index in [2.05, 4.69) is 9.98 Å². The summed E-state index contributed by atoms with van der Waals surface area (Å²) in [6, 6.07) is 0.312. The molecule has 0 atom stereocenters. The Hall–Kier alpha value is -1.24. The van der Waals surface area contributed by atoms with Crippen LogP contribution >= 0.6 is 0 Å². The summed E-state index contributed by atoms with van der Waals surface area (Å²) >= 11 is 0. The van der Waals surface area contributed by atoms with Gasteiger partial charge in [-0.2, -0.15) is 0 Å². The minimum atomic E-state index is 0.156. The van der Waals surface area contributed by atoms with Crippen LogP contribution in [-0.2, 0) is 9.59 Å². The topological polar surface area (TPSA) is 58.9 Å². The van der Waals surface area contributed by atoms with Crippen LogP contribution in [0.15, 0.2) is 9.98 Å². The van der Waals surface area contributed by atoms with Gasteiger partial charge in [-0.05, 0) is 25.7 Å². The number of hydrogen-bond donors (Lipinski definition) is 0. The van der Waals surface area contributed by atoms with Crippen LogP contribution in [0.5, 0.6) is 0 Å². The van der Waals surface area contributed by atoms with Gasteiger partial charge in [-0.1, -0.05) is 25.7 Å². The van der Waals surface area contributed by atoms with Crippen LogP contribution in [0.1, 0.15) is 51.4 Å². The molecule has 0 N–H and O–H groups in total. The molecule has 0 spiro atoms. The number of isocyanates is 2. The van der Waals surface area contributed by atoms with Gasteiger partial charge in [-0.15, -0.1) is 0 Å². The Morgan fingerprint density at radius 1 is 0.688 bits per heavy atom. The lowest BCUT2D eigenvalue weighted by atomic mass is 9.95. The third-order valence-electron chi connectivity index (χ3n) is 3.12. The molecule has 0 aromatic carbocycles. The molecule has 0 unspecified atom stereocenters. The monoisotopic (exact) mass is 222 g/mol. The molecule has 1 fully saturated rings. The normalized spacial score (nSPS) is 27.2. The second-order valence-corrected chi connectivity index (χ2v) is 4.32. The molecule has 0 aromatic heterocycles. The predicted octanol–water partition coefficient (Wildman–Crippen LogP) is 2.53. The van der Waals surface area contributed by atoms with Gasteiger partial charge in [0.1, 0.15) is 0 Å². The standard InChI is InChI=1S/C12H18N2O2/c15-9-13-11-5-1-2-6-12(14-10-16)8-4-3-7-11/h11-12H,1-8H2. The molecule has 1 aliphatic rings. The highest BCUT2D eigenvalue weighted by Crippen LogP contribution is 2.20. The minimum absolute atomic E-state index is 0.156. The molecule has 88 valence electrons. The van der Waals surface area contributed by atoms with Gasteiger partial charge < -0.3 is 0 Å². The first-order chi connectivity index (χ1) is 7.86. The van der Waals surface area contributed by atoms with Crippen molar-refractivity contribution in [3.63, 3.8) is 0 Å². The van der Waals surface area contributed by atoms with E-state index < -0.39 is 0 Å². The molecule has 16 heavy (non-hydrogen) atoms. The summed E-state index contributed by atoms with van der Waals surface area (Å²) in [7, 11) is 0. The molecule has 0 heterocycles. The molecule has 0 saturated heterocycles. The Morgan fingerprint density at radius 2 is 1.00 bits per heavy atom. The number of nitrogens with zero attached hydrogens (tertiary/aromatic N) is 2. The number of aliphatic imine (C=N–C) groups is 2. The van der Waals surface area contributed by atoms with Gasteiger partial charge in [0, 0.05) is 0 Å². The quantitative estimate of drug-likeness (QED) is 0.532. The Balaban J connectivity index is 2.42. The first-order valence-electron chi connectivity index (χ1n) is 6.00. The third kappa shape index (κ3) is 5.01. The zero-order chi connectivity index (χ0) is 11.6. The van der Waals surface area contributed by atoms with Crippen molar-refractivity contribution < 1.29 is 9.59 Å². The van der Waals surface area contributed by atoms with E-state index >= 15 is 0 Å². The molecule has 1 aliphatic carbocycles. The van der Waals surface area contributed by atoms with E-state index in [0.717, 1.165) is 51.4 Å². The summed E-state index contributed by atoms with van der Waals surface area (Å²) in [6.07, 6.45) is 11.3. The maximum atomic E-state index is 10.2. The zero-order valence-corrected chi connectivity index (χ0v) is 9.52. The van der Waals surface area contributed by atoms with Crippen LogP contribution < -0.4 is 0 Å². The van der Waals surface area contributed by atoms with Crippen molar-refractivity contribution in [2.24, 2.45) is 9.98 Å². The highest BCUT2D eigenvalue weighted by atomic mass is 16.1. The largest absolute Gasteiger partial charge is 0.235 e.